The van der Waals surface area contributed by atoms with E-state index in [1.54, 1.807) is 0 Å². The zero-order valence-corrected chi connectivity index (χ0v) is 12.8. The maximum absolute atomic E-state index is 3.48. The molecule has 0 saturated carbocycles. The van der Waals surface area contributed by atoms with Gasteiger partial charge in [0, 0.05) is 34.9 Å². The third-order valence-corrected chi connectivity index (χ3v) is 4.15. The molecule has 0 bridgehead atoms. The lowest BCUT2D eigenvalue weighted by atomic mass is 10.2. The van der Waals surface area contributed by atoms with Gasteiger partial charge in [0.2, 0.25) is 0 Å². The van der Waals surface area contributed by atoms with E-state index >= 15 is 0 Å². The van der Waals surface area contributed by atoms with E-state index in [4.69, 9.17) is 0 Å². The van der Waals surface area contributed by atoms with Crippen molar-refractivity contribution in [3.63, 3.8) is 0 Å². The molecule has 0 radical (unpaired) electrons. The molecular formula is C14H26N2S. The fraction of sp³-hybridized carbons (Fsp3) is 0.714. The molecule has 17 heavy (non-hydrogen) atoms. The summed E-state index contributed by atoms with van der Waals surface area (Å²) < 4.78 is 0. The molecule has 1 N–H and O–H groups in total. The molecule has 0 aliphatic rings. The SMILES string of the molecule is Cc1sc(CNC(C)C)cc1CN(C)C(C)C. The molecule has 0 unspecified atom stereocenters. The first-order chi connectivity index (χ1) is 7.90. The Morgan fingerprint density at radius 2 is 1.94 bits per heavy atom. The van der Waals surface area contributed by atoms with Gasteiger partial charge in [-0.2, -0.15) is 0 Å². The Bertz CT molecular complexity index is 342. The van der Waals surface area contributed by atoms with Crippen LogP contribution >= 0.6 is 11.3 Å². The summed E-state index contributed by atoms with van der Waals surface area (Å²) in [7, 11) is 2.19. The van der Waals surface area contributed by atoms with Crippen molar-refractivity contribution in [2.45, 2.75) is 59.8 Å². The molecule has 0 amide bonds. The molecule has 2 nitrogen and oxygen atoms in total. The summed E-state index contributed by atoms with van der Waals surface area (Å²) in [5.41, 5.74) is 1.48. The molecule has 0 aromatic carbocycles. The van der Waals surface area contributed by atoms with Crippen molar-refractivity contribution in [3.8, 4) is 0 Å². The van der Waals surface area contributed by atoms with Gasteiger partial charge in [0.25, 0.3) is 0 Å². The van der Waals surface area contributed by atoms with Crippen LogP contribution in [0.1, 0.15) is 43.0 Å². The first kappa shape index (κ1) is 14.7. The van der Waals surface area contributed by atoms with Crippen LogP contribution in [0.2, 0.25) is 0 Å². The highest BCUT2D eigenvalue weighted by Gasteiger charge is 2.10. The van der Waals surface area contributed by atoms with Crippen molar-refractivity contribution in [1.29, 1.82) is 0 Å². The summed E-state index contributed by atoms with van der Waals surface area (Å²) in [6, 6.07) is 3.51. The fourth-order valence-corrected chi connectivity index (χ4v) is 2.59. The summed E-state index contributed by atoms with van der Waals surface area (Å²) in [6.45, 7) is 13.1. The second kappa shape index (κ2) is 6.53. The molecular weight excluding hydrogens is 228 g/mol. The summed E-state index contributed by atoms with van der Waals surface area (Å²) in [5, 5.41) is 3.48. The number of hydrogen-bond donors (Lipinski definition) is 1. The first-order valence-electron chi connectivity index (χ1n) is 6.42. The van der Waals surface area contributed by atoms with Crippen molar-refractivity contribution in [1.82, 2.24) is 10.2 Å². The topological polar surface area (TPSA) is 15.3 Å². The van der Waals surface area contributed by atoms with Crippen molar-refractivity contribution >= 4 is 11.3 Å². The van der Waals surface area contributed by atoms with Gasteiger partial charge in [0.15, 0.2) is 0 Å². The van der Waals surface area contributed by atoms with Crippen LogP contribution in [0, 0.1) is 6.92 Å². The van der Waals surface area contributed by atoms with Crippen LogP contribution < -0.4 is 5.32 Å². The first-order valence-corrected chi connectivity index (χ1v) is 7.23. The Morgan fingerprint density at radius 1 is 1.29 bits per heavy atom. The second-order valence-corrected chi connectivity index (χ2v) is 6.68. The van der Waals surface area contributed by atoms with E-state index in [0.29, 0.717) is 12.1 Å². The Labute approximate surface area is 110 Å². The van der Waals surface area contributed by atoms with E-state index in [2.05, 4.69) is 57.9 Å². The van der Waals surface area contributed by atoms with E-state index in [1.807, 2.05) is 11.3 Å². The quantitative estimate of drug-likeness (QED) is 0.837. The maximum Gasteiger partial charge on any atom is 0.0302 e. The molecule has 1 heterocycles. The number of hydrogen-bond acceptors (Lipinski definition) is 3. The van der Waals surface area contributed by atoms with Crippen LogP contribution in [0.5, 0.6) is 0 Å². The van der Waals surface area contributed by atoms with Gasteiger partial charge >= 0.3 is 0 Å². The summed E-state index contributed by atoms with van der Waals surface area (Å²) in [6.07, 6.45) is 0. The van der Waals surface area contributed by atoms with Gasteiger partial charge in [0.05, 0.1) is 0 Å². The monoisotopic (exact) mass is 254 g/mol. The average Bonchev–Trinajstić information content (AvgIpc) is 2.56. The number of aryl methyl sites for hydroxylation is 1. The van der Waals surface area contributed by atoms with E-state index in [1.165, 1.54) is 15.3 Å². The zero-order chi connectivity index (χ0) is 13.0. The van der Waals surface area contributed by atoms with Crippen LogP contribution in [0.15, 0.2) is 6.07 Å². The Kier molecular flexibility index (Phi) is 5.63. The van der Waals surface area contributed by atoms with Crippen LogP contribution in [-0.2, 0) is 13.1 Å². The molecule has 3 heteroatoms. The van der Waals surface area contributed by atoms with Gasteiger partial charge in [-0.3, -0.25) is 4.90 Å². The summed E-state index contributed by atoms with van der Waals surface area (Å²) in [4.78, 5) is 5.29. The van der Waals surface area contributed by atoms with Gasteiger partial charge in [-0.05, 0) is 39.4 Å². The Balaban J connectivity index is 2.62. The molecule has 0 saturated heterocycles. The summed E-state index contributed by atoms with van der Waals surface area (Å²) >= 11 is 1.92. The normalized spacial score (nSPS) is 12.1. The number of rotatable bonds is 6. The van der Waals surface area contributed by atoms with Gasteiger partial charge in [0.1, 0.15) is 0 Å². The van der Waals surface area contributed by atoms with Crippen molar-refractivity contribution in [2.24, 2.45) is 0 Å². The Morgan fingerprint density at radius 3 is 2.47 bits per heavy atom. The molecule has 1 aromatic heterocycles. The van der Waals surface area contributed by atoms with E-state index in [-0.39, 0.29) is 0 Å². The minimum absolute atomic E-state index is 0.555. The molecule has 0 atom stereocenters. The molecule has 0 fully saturated rings. The highest BCUT2D eigenvalue weighted by molar-refractivity contribution is 7.12. The molecule has 0 aliphatic carbocycles. The smallest absolute Gasteiger partial charge is 0.0302 e. The highest BCUT2D eigenvalue weighted by Crippen LogP contribution is 2.23. The van der Waals surface area contributed by atoms with Gasteiger partial charge < -0.3 is 5.32 Å². The Hall–Kier alpha value is -0.380. The third-order valence-electron chi connectivity index (χ3n) is 3.06. The molecule has 0 aliphatic heterocycles. The second-order valence-electron chi connectivity index (χ2n) is 5.34. The van der Waals surface area contributed by atoms with Crippen molar-refractivity contribution in [2.75, 3.05) is 7.05 Å². The van der Waals surface area contributed by atoms with Gasteiger partial charge in [-0.15, -0.1) is 11.3 Å². The van der Waals surface area contributed by atoms with Crippen LogP contribution in [-0.4, -0.2) is 24.0 Å². The lowest BCUT2D eigenvalue weighted by molar-refractivity contribution is 0.265. The van der Waals surface area contributed by atoms with Crippen LogP contribution in [0.4, 0.5) is 0 Å². The maximum atomic E-state index is 3.48. The molecule has 98 valence electrons. The van der Waals surface area contributed by atoms with Gasteiger partial charge in [-0.1, -0.05) is 13.8 Å². The lowest BCUT2D eigenvalue weighted by Gasteiger charge is -2.20. The number of nitrogens with one attached hydrogen (secondary N) is 1. The number of nitrogens with zero attached hydrogens (tertiary/aromatic N) is 1. The number of thiophene rings is 1. The predicted octanol–water partition coefficient (Wildman–Crippen LogP) is 3.39. The minimum Gasteiger partial charge on any atom is -0.310 e. The van der Waals surface area contributed by atoms with E-state index in [9.17, 15) is 0 Å². The van der Waals surface area contributed by atoms with E-state index < -0.39 is 0 Å². The standard InChI is InChI=1S/C14H26N2S/c1-10(2)15-8-14-7-13(12(5)17-14)9-16(6)11(3)4/h7,10-11,15H,8-9H2,1-6H3. The van der Waals surface area contributed by atoms with E-state index in [0.717, 1.165) is 13.1 Å². The van der Waals surface area contributed by atoms with Crippen LogP contribution in [0.3, 0.4) is 0 Å². The average molecular weight is 254 g/mol. The summed E-state index contributed by atoms with van der Waals surface area (Å²) in [5.74, 6) is 0. The largest absolute Gasteiger partial charge is 0.310 e. The zero-order valence-electron chi connectivity index (χ0n) is 12.0. The predicted molar refractivity (Wildman–Crippen MR) is 77.6 cm³/mol. The highest BCUT2D eigenvalue weighted by atomic mass is 32.1. The minimum atomic E-state index is 0.555. The molecule has 1 rings (SSSR count). The van der Waals surface area contributed by atoms with Gasteiger partial charge in [-0.25, -0.2) is 0 Å². The molecule has 0 spiro atoms. The van der Waals surface area contributed by atoms with Crippen molar-refractivity contribution < 1.29 is 0 Å². The van der Waals surface area contributed by atoms with Crippen LogP contribution in [0.25, 0.3) is 0 Å². The van der Waals surface area contributed by atoms with Crippen molar-refractivity contribution in [3.05, 3.63) is 21.4 Å². The molecule has 1 aromatic rings. The fourth-order valence-electron chi connectivity index (χ4n) is 1.59. The lowest BCUT2D eigenvalue weighted by Crippen LogP contribution is -2.25. The third kappa shape index (κ3) is 4.78.